The molecule has 0 aliphatic carbocycles. The van der Waals surface area contributed by atoms with Crippen LogP contribution in [0.25, 0.3) is 0 Å². The van der Waals surface area contributed by atoms with Crippen LogP contribution < -0.4 is 10.2 Å². The van der Waals surface area contributed by atoms with Crippen molar-refractivity contribution in [3.63, 3.8) is 0 Å². The van der Waals surface area contributed by atoms with Gasteiger partial charge in [0.05, 0.1) is 24.9 Å². The van der Waals surface area contributed by atoms with Crippen LogP contribution in [0, 0.1) is 25.2 Å². The van der Waals surface area contributed by atoms with Gasteiger partial charge >= 0.3 is 0 Å². The fraction of sp³-hybridized carbons (Fsp3) is 0.304. The lowest BCUT2D eigenvalue weighted by Gasteiger charge is -2.30. The van der Waals surface area contributed by atoms with Crippen LogP contribution in [0.1, 0.15) is 34.6 Å². The Labute approximate surface area is 170 Å². The highest BCUT2D eigenvalue weighted by Gasteiger charge is 2.23. The van der Waals surface area contributed by atoms with Crippen molar-refractivity contribution in [2.24, 2.45) is 0 Å². The second-order valence-electron chi connectivity index (χ2n) is 7.41. The van der Waals surface area contributed by atoms with Gasteiger partial charge in [0.2, 0.25) is 5.91 Å². The molecule has 1 amide bonds. The van der Waals surface area contributed by atoms with E-state index in [0.717, 1.165) is 42.1 Å². The standard InChI is InChI=1S/C23H24N4O2/c1-16-17(2)27(14-19-9-6-12-29-19)23(20(16)13-24)25-22(28)15-26-11-5-8-18-7-3-4-10-21(18)26/h3-4,6-7,9-10,12H,5,8,11,14-15H2,1-2H3,(H,25,28). The first-order chi connectivity index (χ1) is 14.1. The molecule has 0 saturated heterocycles. The molecule has 2 aromatic heterocycles. The molecule has 0 fully saturated rings. The van der Waals surface area contributed by atoms with E-state index in [1.165, 1.54) is 5.56 Å². The quantitative estimate of drug-likeness (QED) is 0.717. The Morgan fingerprint density at radius 3 is 2.83 bits per heavy atom. The molecule has 3 heterocycles. The lowest BCUT2D eigenvalue weighted by atomic mass is 10.0. The topological polar surface area (TPSA) is 74.2 Å². The summed E-state index contributed by atoms with van der Waals surface area (Å²) in [6, 6.07) is 14.2. The number of hydrogen-bond donors (Lipinski definition) is 1. The third-order valence-electron chi connectivity index (χ3n) is 5.63. The predicted octanol–water partition coefficient (Wildman–Crippen LogP) is 4.01. The summed E-state index contributed by atoms with van der Waals surface area (Å²) in [6.07, 6.45) is 3.69. The zero-order valence-electron chi connectivity index (χ0n) is 16.7. The number of benzene rings is 1. The van der Waals surface area contributed by atoms with Crippen LogP contribution in [-0.2, 0) is 17.8 Å². The van der Waals surface area contributed by atoms with Crippen LogP contribution in [0.5, 0.6) is 0 Å². The first kappa shape index (κ1) is 18.9. The number of rotatable bonds is 5. The average Bonchev–Trinajstić information content (AvgIpc) is 3.31. The number of aryl methyl sites for hydroxylation is 1. The van der Waals surface area contributed by atoms with Gasteiger partial charge in [-0.1, -0.05) is 18.2 Å². The summed E-state index contributed by atoms with van der Waals surface area (Å²) in [5.41, 5.74) is 4.71. The fourth-order valence-electron chi connectivity index (χ4n) is 4.01. The van der Waals surface area contributed by atoms with Crippen molar-refractivity contribution in [2.45, 2.75) is 33.2 Å². The van der Waals surface area contributed by atoms with Gasteiger partial charge in [-0.2, -0.15) is 5.26 Å². The van der Waals surface area contributed by atoms with E-state index < -0.39 is 0 Å². The molecule has 3 aromatic rings. The molecule has 0 atom stereocenters. The van der Waals surface area contributed by atoms with Crippen LogP contribution in [0.15, 0.2) is 47.1 Å². The van der Waals surface area contributed by atoms with Crippen molar-refractivity contribution in [2.75, 3.05) is 23.3 Å². The monoisotopic (exact) mass is 388 g/mol. The van der Waals surface area contributed by atoms with Crippen LogP contribution in [0.3, 0.4) is 0 Å². The van der Waals surface area contributed by atoms with Crippen molar-refractivity contribution in [3.8, 4) is 6.07 Å². The molecular formula is C23H24N4O2. The molecule has 148 valence electrons. The number of para-hydroxylation sites is 1. The maximum atomic E-state index is 12.9. The molecule has 0 bridgehead atoms. The molecule has 0 spiro atoms. The van der Waals surface area contributed by atoms with Crippen molar-refractivity contribution in [1.29, 1.82) is 5.26 Å². The largest absolute Gasteiger partial charge is 0.467 e. The lowest BCUT2D eigenvalue weighted by molar-refractivity contribution is -0.115. The van der Waals surface area contributed by atoms with Crippen LogP contribution in [-0.4, -0.2) is 23.6 Å². The summed E-state index contributed by atoms with van der Waals surface area (Å²) in [4.78, 5) is 15.0. The molecule has 0 saturated carbocycles. The van der Waals surface area contributed by atoms with E-state index in [2.05, 4.69) is 28.4 Å². The molecule has 1 N–H and O–H groups in total. The molecule has 0 unspecified atom stereocenters. The van der Waals surface area contributed by atoms with Gasteiger partial charge in [-0.3, -0.25) is 4.79 Å². The van der Waals surface area contributed by atoms with Gasteiger partial charge in [0.1, 0.15) is 17.6 Å². The highest BCUT2D eigenvalue weighted by molar-refractivity contribution is 5.95. The summed E-state index contributed by atoms with van der Waals surface area (Å²) in [6.45, 7) is 5.43. The van der Waals surface area contributed by atoms with Crippen LogP contribution in [0.2, 0.25) is 0 Å². The van der Waals surface area contributed by atoms with Crippen LogP contribution in [0.4, 0.5) is 11.5 Å². The number of carbonyl (C=O) groups is 1. The number of nitriles is 1. The minimum Gasteiger partial charge on any atom is -0.467 e. The summed E-state index contributed by atoms with van der Waals surface area (Å²) >= 11 is 0. The van der Waals surface area contributed by atoms with Gasteiger partial charge in [0.25, 0.3) is 0 Å². The number of furan rings is 1. The number of amides is 1. The summed E-state index contributed by atoms with van der Waals surface area (Å²) in [5, 5.41) is 12.7. The van der Waals surface area contributed by atoms with E-state index in [1.54, 1.807) is 6.26 Å². The first-order valence-corrected chi connectivity index (χ1v) is 9.83. The van der Waals surface area contributed by atoms with E-state index in [-0.39, 0.29) is 12.5 Å². The molecule has 4 rings (SSSR count). The highest BCUT2D eigenvalue weighted by atomic mass is 16.3. The van der Waals surface area contributed by atoms with E-state index in [1.807, 2.05) is 42.7 Å². The maximum absolute atomic E-state index is 12.9. The number of hydrogen-bond acceptors (Lipinski definition) is 4. The van der Waals surface area contributed by atoms with Gasteiger partial charge in [-0.05, 0) is 56.0 Å². The summed E-state index contributed by atoms with van der Waals surface area (Å²) in [5.74, 6) is 1.18. The first-order valence-electron chi connectivity index (χ1n) is 9.83. The molecule has 0 radical (unpaired) electrons. The van der Waals surface area contributed by atoms with Crippen molar-refractivity contribution in [3.05, 3.63) is 70.8 Å². The van der Waals surface area contributed by atoms with Gasteiger partial charge in [0.15, 0.2) is 0 Å². The second kappa shape index (κ2) is 7.88. The Bertz CT molecular complexity index is 1070. The van der Waals surface area contributed by atoms with Crippen molar-refractivity contribution >= 4 is 17.4 Å². The third kappa shape index (κ3) is 3.64. The van der Waals surface area contributed by atoms with Gasteiger partial charge in [-0.25, -0.2) is 0 Å². The van der Waals surface area contributed by atoms with Gasteiger partial charge in [-0.15, -0.1) is 0 Å². The van der Waals surface area contributed by atoms with E-state index in [9.17, 15) is 10.1 Å². The number of anilines is 2. The smallest absolute Gasteiger partial charge is 0.245 e. The zero-order valence-corrected chi connectivity index (χ0v) is 16.7. The minimum atomic E-state index is -0.128. The Hall–Kier alpha value is -3.46. The van der Waals surface area contributed by atoms with E-state index in [4.69, 9.17) is 4.42 Å². The summed E-state index contributed by atoms with van der Waals surface area (Å²) < 4.78 is 7.41. The maximum Gasteiger partial charge on any atom is 0.245 e. The molecule has 1 aromatic carbocycles. The second-order valence-corrected chi connectivity index (χ2v) is 7.41. The SMILES string of the molecule is Cc1c(C#N)c(NC(=O)CN2CCCc3ccccc32)n(Cc2ccco2)c1C. The number of carbonyl (C=O) groups excluding carboxylic acids is 1. The molecule has 1 aliphatic heterocycles. The van der Waals surface area contributed by atoms with Gasteiger partial charge in [0, 0.05) is 17.9 Å². The summed E-state index contributed by atoms with van der Waals surface area (Å²) in [7, 11) is 0. The number of aromatic nitrogens is 1. The predicted molar refractivity (Wildman–Crippen MR) is 112 cm³/mol. The number of nitrogens with zero attached hydrogens (tertiary/aromatic N) is 3. The molecule has 29 heavy (non-hydrogen) atoms. The Morgan fingerprint density at radius 1 is 1.24 bits per heavy atom. The number of fused-ring (bicyclic) bond motifs is 1. The van der Waals surface area contributed by atoms with E-state index in [0.29, 0.717) is 17.9 Å². The van der Waals surface area contributed by atoms with Crippen molar-refractivity contribution in [1.82, 2.24) is 4.57 Å². The van der Waals surface area contributed by atoms with E-state index >= 15 is 0 Å². The molecular weight excluding hydrogens is 364 g/mol. The molecule has 6 heteroatoms. The Morgan fingerprint density at radius 2 is 2.07 bits per heavy atom. The Balaban J connectivity index is 1.58. The minimum absolute atomic E-state index is 0.128. The zero-order chi connectivity index (χ0) is 20.4. The lowest BCUT2D eigenvalue weighted by Crippen LogP contribution is -2.37. The average molecular weight is 388 g/mol. The number of nitrogens with one attached hydrogen (secondary N) is 1. The molecule has 1 aliphatic rings. The van der Waals surface area contributed by atoms with Crippen molar-refractivity contribution < 1.29 is 9.21 Å². The fourth-order valence-corrected chi connectivity index (χ4v) is 4.01. The third-order valence-corrected chi connectivity index (χ3v) is 5.63. The van der Waals surface area contributed by atoms with Crippen LogP contribution >= 0.6 is 0 Å². The normalized spacial score (nSPS) is 13.1. The molecule has 6 nitrogen and oxygen atoms in total. The Kier molecular flexibility index (Phi) is 5.13. The van der Waals surface area contributed by atoms with Gasteiger partial charge < -0.3 is 19.2 Å². The highest BCUT2D eigenvalue weighted by Crippen LogP contribution is 2.29.